The summed E-state index contributed by atoms with van der Waals surface area (Å²) in [6.07, 6.45) is -0.144. The number of anilines is 1. The lowest BCUT2D eigenvalue weighted by Crippen LogP contribution is -2.40. The Labute approximate surface area is 138 Å². The number of fused-ring (bicyclic) bond motifs is 1. The van der Waals surface area contributed by atoms with E-state index >= 15 is 4.39 Å². The number of rotatable bonds is 2. The first kappa shape index (κ1) is 16.6. The van der Waals surface area contributed by atoms with Crippen molar-refractivity contribution in [3.63, 3.8) is 0 Å². The van der Waals surface area contributed by atoms with Gasteiger partial charge in [0.2, 0.25) is 0 Å². The molecule has 2 unspecified atom stereocenters. The van der Waals surface area contributed by atoms with Crippen molar-refractivity contribution in [2.24, 2.45) is 0 Å². The maximum atomic E-state index is 15.1. The Kier molecular flexibility index (Phi) is 4.17. The monoisotopic (exact) mass is 334 g/mol. The molecule has 0 radical (unpaired) electrons. The Morgan fingerprint density at radius 2 is 2.25 bits per heavy atom. The van der Waals surface area contributed by atoms with Crippen LogP contribution in [0.2, 0.25) is 0 Å². The van der Waals surface area contributed by atoms with Crippen LogP contribution in [0.15, 0.2) is 12.5 Å². The number of nitrogens with zero attached hydrogens (tertiary/aromatic N) is 3. The number of aliphatic hydroxyl groups excluding tert-OH is 2. The Morgan fingerprint density at radius 1 is 1.50 bits per heavy atom. The maximum Gasteiger partial charge on any atom is 0.181 e. The predicted molar refractivity (Wildman–Crippen MR) is 85.6 cm³/mol. The van der Waals surface area contributed by atoms with E-state index in [4.69, 9.17) is 10.5 Å². The van der Waals surface area contributed by atoms with Gasteiger partial charge in [0.15, 0.2) is 11.9 Å². The molecule has 128 valence electrons. The predicted octanol–water partition coefficient (Wildman–Crippen LogP) is 0.754. The van der Waals surface area contributed by atoms with Gasteiger partial charge in [0, 0.05) is 12.6 Å². The highest BCUT2D eigenvalue weighted by molar-refractivity contribution is 5.92. The zero-order chi connectivity index (χ0) is 17.5. The molecule has 0 aliphatic carbocycles. The van der Waals surface area contributed by atoms with E-state index in [1.807, 2.05) is 6.92 Å². The molecule has 4 atom stereocenters. The fraction of sp³-hybridized carbons (Fsp3) is 0.500. The van der Waals surface area contributed by atoms with E-state index in [2.05, 4.69) is 21.8 Å². The highest BCUT2D eigenvalue weighted by Gasteiger charge is 2.55. The van der Waals surface area contributed by atoms with Crippen molar-refractivity contribution >= 4 is 16.9 Å². The van der Waals surface area contributed by atoms with Crippen molar-refractivity contribution in [1.82, 2.24) is 14.5 Å². The molecule has 1 aliphatic rings. The van der Waals surface area contributed by atoms with Gasteiger partial charge in [-0.3, -0.25) is 0 Å². The number of ether oxygens (including phenoxy) is 1. The van der Waals surface area contributed by atoms with Crippen molar-refractivity contribution in [1.29, 1.82) is 0 Å². The van der Waals surface area contributed by atoms with Gasteiger partial charge in [-0.25, -0.2) is 14.4 Å². The highest BCUT2D eigenvalue weighted by atomic mass is 19.1. The minimum absolute atomic E-state index is 0.233. The largest absolute Gasteiger partial charge is 0.394 e. The first-order chi connectivity index (χ1) is 11.4. The van der Waals surface area contributed by atoms with Crippen molar-refractivity contribution < 1.29 is 19.3 Å². The summed E-state index contributed by atoms with van der Waals surface area (Å²) in [4.78, 5) is 8.13. The number of hydrogen-bond donors (Lipinski definition) is 3. The third kappa shape index (κ3) is 2.41. The number of alkyl halides is 1. The first-order valence-corrected chi connectivity index (χ1v) is 7.65. The number of nitrogens with two attached hydrogens (primary N) is 1. The summed E-state index contributed by atoms with van der Waals surface area (Å²) in [5.74, 6) is 6.14. The van der Waals surface area contributed by atoms with Crippen LogP contribution in [0, 0.1) is 11.8 Å². The SMILES string of the molecule is CCC#Cc1cn(C2OC(CO)[C@@H](O)[C@@]2(C)F)c2ncnc(N)c12. The van der Waals surface area contributed by atoms with E-state index in [1.54, 1.807) is 6.20 Å². The van der Waals surface area contributed by atoms with E-state index < -0.39 is 30.7 Å². The molecule has 0 bridgehead atoms. The van der Waals surface area contributed by atoms with Crippen molar-refractivity contribution in [2.75, 3.05) is 12.3 Å². The van der Waals surface area contributed by atoms with Gasteiger partial charge >= 0.3 is 0 Å². The molecule has 0 spiro atoms. The molecule has 1 saturated heterocycles. The second-order valence-corrected chi connectivity index (χ2v) is 5.87. The standard InChI is InChI=1S/C16H19FN4O3/c1-3-4-5-9-6-21(14-11(9)13(18)19-8-20-14)15-16(2,17)12(23)10(7-22)24-15/h6,8,10,12,15,22-23H,3,7H2,1-2H3,(H2,18,19,20)/t10?,12-,15?,16-/m1/s1. The van der Waals surface area contributed by atoms with E-state index in [0.717, 1.165) is 0 Å². The summed E-state index contributed by atoms with van der Waals surface area (Å²) >= 11 is 0. The Balaban J connectivity index is 2.19. The summed E-state index contributed by atoms with van der Waals surface area (Å²) in [6.45, 7) is 2.65. The van der Waals surface area contributed by atoms with Crippen LogP contribution in [0.3, 0.4) is 0 Å². The van der Waals surface area contributed by atoms with E-state index in [-0.39, 0.29) is 5.82 Å². The van der Waals surface area contributed by atoms with Gasteiger partial charge < -0.3 is 25.3 Å². The van der Waals surface area contributed by atoms with Gasteiger partial charge in [-0.05, 0) is 6.92 Å². The summed E-state index contributed by atoms with van der Waals surface area (Å²) in [6, 6.07) is 0. The van der Waals surface area contributed by atoms with Crippen molar-refractivity contribution in [2.45, 2.75) is 44.4 Å². The number of halogens is 1. The molecule has 7 nitrogen and oxygen atoms in total. The quantitative estimate of drug-likeness (QED) is 0.700. The molecule has 4 N–H and O–H groups in total. The van der Waals surface area contributed by atoms with Gasteiger partial charge in [-0.15, -0.1) is 0 Å². The number of hydrogen-bond acceptors (Lipinski definition) is 6. The van der Waals surface area contributed by atoms with Crippen LogP contribution >= 0.6 is 0 Å². The minimum atomic E-state index is -2.12. The molecule has 0 aromatic carbocycles. The molecule has 3 heterocycles. The smallest absolute Gasteiger partial charge is 0.181 e. The van der Waals surface area contributed by atoms with Crippen LogP contribution in [0.25, 0.3) is 11.0 Å². The first-order valence-electron chi connectivity index (χ1n) is 7.65. The number of aliphatic hydroxyl groups is 2. The molecule has 2 aromatic rings. The van der Waals surface area contributed by atoms with Gasteiger partial charge in [0.1, 0.15) is 30.0 Å². The summed E-state index contributed by atoms with van der Waals surface area (Å²) in [5.41, 5.74) is 4.74. The Hall–Kier alpha value is -2.21. The summed E-state index contributed by atoms with van der Waals surface area (Å²) < 4.78 is 22.0. The zero-order valence-corrected chi connectivity index (χ0v) is 13.4. The third-order valence-corrected chi connectivity index (χ3v) is 4.19. The topological polar surface area (TPSA) is 106 Å². The molecule has 0 amide bonds. The van der Waals surface area contributed by atoms with E-state index in [0.29, 0.717) is 23.0 Å². The zero-order valence-electron chi connectivity index (χ0n) is 13.4. The fourth-order valence-corrected chi connectivity index (χ4v) is 2.93. The number of aromatic nitrogens is 3. The molecule has 1 aliphatic heterocycles. The lowest BCUT2D eigenvalue weighted by atomic mass is 9.98. The Morgan fingerprint density at radius 3 is 2.88 bits per heavy atom. The molecule has 1 fully saturated rings. The fourth-order valence-electron chi connectivity index (χ4n) is 2.93. The Bertz CT molecular complexity index is 824. The molecular formula is C16H19FN4O3. The van der Waals surface area contributed by atoms with Crippen LogP contribution in [0.1, 0.15) is 32.1 Å². The second-order valence-electron chi connectivity index (χ2n) is 5.87. The molecular weight excluding hydrogens is 315 g/mol. The second kappa shape index (κ2) is 6.02. The van der Waals surface area contributed by atoms with Gasteiger partial charge in [-0.2, -0.15) is 0 Å². The van der Waals surface area contributed by atoms with E-state index in [9.17, 15) is 10.2 Å². The van der Waals surface area contributed by atoms with Crippen LogP contribution in [0.4, 0.5) is 10.2 Å². The number of nitrogen functional groups attached to an aromatic ring is 1. The molecule has 8 heteroatoms. The van der Waals surface area contributed by atoms with Gasteiger partial charge in [0.05, 0.1) is 17.6 Å². The highest BCUT2D eigenvalue weighted by Crippen LogP contribution is 2.43. The van der Waals surface area contributed by atoms with E-state index in [1.165, 1.54) is 17.8 Å². The summed E-state index contributed by atoms with van der Waals surface area (Å²) in [7, 11) is 0. The molecule has 3 rings (SSSR count). The van der Waals surface area contributed by atoms with Crippen LogP contribution < -0.4 is 5.73 Å². The molecule has 0 saturated carbocycles. The van der Waals surface area contributed by atoms with Crippen LogP contribution in [-0.4, -0.2) is 49.2 Å². The summed E-state index contributed by atoms with van der Waals surface area (Å²) in [5, 5.41) is 19.9. The lowest BCUT2D eigenvalue weighted by molar-refractivity contribution is -0.0564. The van der Waals surface area contributed by atoms with Crippen molar-refractivity contribution in [3.05, 3.63) is 18.1 Å². The maximum absolute atomic E-state index is 15.1. The van der Waals surface area contributed by atoms with Crippen molar-refractivity contribution in [3.8, 4) is 11.8 Å². The average molecular weight is 334 g/mol. The third-order valence-electron chi connectivity index (χ3n) is 4.19. The van der Waals surface area contributed by atoms with Gasteiger partial charge in [0.25, 0.3) is 0 Å². The molecule has 24 heavy (non-hydrogen) atoms. The van der Waals surface area contributed by atoms with Gasteiger partial charge in [-0.1, -0.05) is 18.8 Å². The molecule has 2 aromatic heterocycles. The van der Waals surface area contributed by atoms with Crippen LogP contribution in [-0.2, 0) is 4.74 Å². The van der Waals surface area contributed by atoms with Crippen LogP contribution in [0.5, 0.6) is 0 Å². The average Bonchev–Trinajstić information content (AvgIpc) is 3.02. The normalized spacial score (nSPS) is 29.6. The lowest BCUT2D eigenvalue weighted by Gasteiger charge is -2.25. The minimum Gasteiger partial charge on any atom is -0.394 e.